The summed E-state index contributed by atoms with van der Waals surface area (Å²) in [5.74, 6) is 0.692. The van der Waals surface area contributed by atoms with Crippen molar-refractivity contribution in [1.82, 2.24) is 9.97 Å². The van der Waals surface area contributed by atoms with Gasteiger partial charge in [0.25, 0.3) is 0 Å². The van der Waals surface area contributed by atoms with Crippen molar-refractivity contribution in [3.05, 3.63) is 54.0 Å². The Balaban J connectivity index is 1.46. The van der Waals surface area contributed by atoms with E-state index in [9.17, 15) is 0 Å². The van der Waals surface area contributed by atoms with E-state index in [1.807, 2.05) is 6.07 Å². The van der Waals surface area contributed by atoms with Gasteiger partial charge in [0.2, 0.25) is 0 Å². The van der Waals surface area contributed by atoms with Crippen LogP contribution in [0, 0.1) is 11.3 Å². The number of aromatic nitrogens is 2. The number of ether oxygens (including phenoxy) is 1. The van der Waals surface area contributed by atoms with E-state index >= 15 is 0 Å². The van der Waals surface area contributed by atoms with Gasteiger partial charge in [-0.15, -0.1) is 0 Å². The molecule has 0 N–H and O–H groups in total. The predicted octanol–water partition coefficient (Wildman–Crippen LogP) is 2.58. The molecule has 0 bridgehead atoms. The van der Waals surface area contributed by atoms with Crippen molar-refractivity contribution in [2.45, 2.75) is 25.4 Å². The van der Waals surface area contributed by atoms with Crippen molar-refractivity contribution in [1.29, 1.82) is 5.26 Å². The molecule has 1 aliphatic rings. The second kappa shape index (κ2) is 7.70. The molecule has 0 saturated carbocycles. The van der Waals surface area contributed by atoms with Gasteiger partial charge in [0, 0.05) is 25.5 Å². The summed E-state index contributed by atoms with van der Waals surface area (Å²) >= 11 is 0. The zero-order valence-corrected chi connectivity index (χ0v) is 13.1. The highest BCUT2D eigenvalue weighted by Gasteiger charge is 2.22. The van der Waals surface area contributed by atoms with Gasteiger partial charge in [-0.05, 0) is 24.8 Å². The average Bonchev–Trinajstić information content (AvgIpc) is 2.63. The minimum atomic E-state index is 0.289. The number of hydrogen-bond donors (Lipinski definition) is 0. The molecule has 5 heteroatoms. The Bertz CT molecular complexity index is 660. The minimum Gasteiger partial charge on any atom is -0.378 e. The van der Waals surface area contributed by atoms with Crippen molar-refractivity contribution in [2.24, 2.45) is 0 Å². The fraction of sp³-hybridized carbons (Fsp3) is 0.389. The molecule has 0 atom stereocenters. The van der Waals surface area contributed by atoms with E-state index in [1.165, 1.54) is 5.56 Å². The summed E-state index contributed by atoms with van der Waals surface area (Å²) in [5, 5.41) is 9.12. The predicted molar refractivity (Wildman–Crippen MR) is 88.1 cm³/mol. The molecule has 23 heavy (non-hydrogen) atoms. The van der Waals surface area contributed by atoms with Crippen LogP contribution in [0.1, 0.15) is 24.1 Å². The Labute approximate surface area is 136 Å². The van der Waals surface area contributed by atoms with Crippen LogP contribution in [0.5, 0.6) is 0 Å². The highest BCUT2D eigenvalue weighted by atomic mass is 16.5. The molecule has 2 heterocycles. The van der Waals surface area contributed by atoms with Gasteiger partial charge in [0.1, 0.15) is 6.07 Å². The first-order valence-corrected chi connectivity index (χ1v) is 7.98. The summed E-state index contributed by atoms with van der Waals surface area (Å²) in [7, 11) is 0. The van der Waals surface area contributed by atoms with Gasteiger partial charge < -0.3 is 9.64 Å². The first-order chi connectivity index (χ1) is 11.4. The molecule has 0 aliphatic carbocycles. The van der Waals surface area contributed by atoms with Crippen molar-refractivity contribution in [2.75, 3.05) is 24.6 Å². The maximum Gasteiger partial charge on any atom is 0.183 e. The second-order valence-electron chi connectivity index (χ2n) is 5.63. The van der Waals surface area contributed by atoms with Crippen LogP contribution in [-0.2, 0) is 11.2 Å². The van der Waals surface area contributed by atoms with E-state index in [0.717, 1.165) is 39.0 Å². The standard InChI is InChI=1S/C18H20N4O/c19-14-17-18(21-10-9-20-17)22-11-6-16(7-12-22)23-13-8-15-4-2-1-3-5-15/h1-5,9-10,16H,6-8,11-13H2. The zero-order valence-electron chi connectivity index (χ0n) is 13.1. The van der Waals surface area contributed by atoms with Crippen LogP contribution in [0.3, 0.4) is 0 Å². The van der Waals surface area contributed by atoms with E-state index in [4.69, 9.17) is 10.00 Å². The van der Waals surface area contributed by atoms with Crippen molar-refractivity contribution in [3.8, 4) is 6.07 Å². The zero-order chi connectivity index (χ0) is 15.9. The van der Waals surface area contributed by atoms with E-state index in [2.05, 4.69) is 45.2 Å². The Morgan fingerprint density at radius 1 is 1.13 bits per heavy atom. The molecule has 118 valence electrons. The van der Waals surface area contributed by atoms with Crippen LogP contribution in [0.4, 0.5) is 5.82 Å². The Hall–Kier alpha value is -2.45. The van der Waals surface area contributed by atoms with Crippen LogP contribution in [0.25, 0.3) is 0 Å². The lowest BCUT2D eigenvalue weighted by atomic mass is 10.1. The van der Waals surface area contributed by atoms with Gasteiger partial charge in [0.05, 0.1) is 12.7 Å². The topological polar surface area (TPSA) is 62.0 Å². The smallest absolute Gasteiger partial charge is 0.183 e. The third-order valence-electron chi connectivity index (χ3n) is 4.11. The molecule has 0 spiro atoms. The van der Waals surface area contributed by atoms with Gasteiger partial charge in [-0.25, -0.2) is 9.97 Å². The normalized spacial score (nSPS) is 15.3. The maximum atomic E-state index is 9.12. The molecule has 0 unspecified atom stereocenters. The lowest BCUT2D eigenvalue weighted by Gasteiger charge is -2.32. The Kier molecular flexibility index (Phi) is 5.17. The first kappa shape index (κ1) is 15.4. The van der Waals surface area contributed by atoms with E-state index in [1.54, 1.807) is 12.4 Å². The Morgan fingerprint density at radius 3 is 2.61 bits per heavy atom. The van der Waals surface area contributed by atoms with E-state index in [0.29, 0.717) is 11.5 Å². The van der Waals surface area contributed by atoms with Crippen LogP contribution < -0.4 is 4.90 Å². The quantitative estimate of drug-likeness (QED) is 0.849. The van der Waals surface area contributed by atoms with Crippen LogP contribution in [0.2, 0.25) is 0 Å². The first-order valence-electron chi connectivity index (χ1n) is 7.98. The summed E-state index contributed by atoms with van der Waals surface area (Å²) in [4.78, 5) is 10.5. The molecule has 0 amide bonds. The highest BCUT2D eigenvalue weighted by Crippen LogP contribution is 2.21. The number of benzene rings is 1. The van der Waals surface area contributed by atoms with Crippen LogP contribution in [0.15, 0.2) is 42.7 Å². The molecule has 1 fully saturated rings. The largest absolute Gasteiger partial charge is 0.378 e. The molecular formula is C18H20N4O. The average molecular weight is 308 g/mol. The van der Waals surface area contributed by atoms with Crippen molar-refractivity contribution in [3.63, 3.8) is 0 Å². The third kappa shape index (κ3) is 4.05. The molecule has 2 aromatic rings. The number of piperidine rings is 1. The molecule has 0 radical (unpaired) electrons. The maximum absolute atomic E-state index is 9.12. The molecular weight excluding hydrogens is 288 g/mol. The van der Waals surface area contributed by atoms with Crippen molar-refractivity contribution < 1.29 is 4.74 Å². The highest BCUT2D eigenvalue weighted by molar-refractivity contribution is 5.49. The van der Waals surface area contributed by atoms with Crippen LogP contribution >= 0.6 is 0 Å². The monoisotopic (exact) mass is 308 g/mol. The number of hydrogen-bond acceptors (Lipinski definition) is 5. The van der Waals surface area contributed by atoms with Gasteiger partial charge in [-0.3, -0.25) is 0 Å². The summed E-state index contributed by atoms with van der Waals surface area (Å²) in [5.41, 5.74) is 1.71. The number of nitrogens with zero attached hydrogens (tertiary/aromatic N) is 4. The SMILES string of the molecule is N#Cc1nccnc1N1CCC(OCCc2ccccc2)CC1. The lowest BCUT2D eigenvalue weighted by Crippen LogP contribution is -2.38. The summed E-state index contributed by atoms with van der Waals surface area (Å²) in [6.45, 7) is 2.45. The molecule has 3 rings (SSSR count). The van der Waals surface area contributed by atoms with Gasteiger partial charge in [-0.2, -0.15) is 5.26 Å². The fourth-order valence-electron chi connectivity index (χ4n) is 2.86. The lowest BCUT2D eigenvalue weighted by molar-refractivity contribution is 0.0389. The van der Waals surface area contributed by atoms with Crippen molar-refractivity contribution >= 4 is 5.82 Å². The summed E-state index contributed by atoms with van der Waals surface area (Å²) in [6, 6.07) is 12.5. The molecule has 1 aromatic heterocycles. The van der Waals surface area contributed by atoms with Crippen LogP contribution in [-0.4, -0.2) is 35.8 Å². The second-order valence-corrected chi connectivity index (χ2v) is 5.63. The van der Waals surface area contributed by atoms with Gasteiger partial charge >= 0.3 is 0 Å². The third-order valence-corrected chi connectivity index (χ3v) is 4.11. The molecule has 1 aromatic carbocycles. The summed E-state index contributed by atoms with van der Waals surface area (Å²) < 4.78 is 6.00. The molecule has 1 saturated heterocycles. The van der Waals surface area contributed by atoms with Gasteiger partial charge in [-0.1, -0.05) is 30.3 Å². The molecule has 5 nitrogen and oxygen atoms in total. The number of rotatable bonds is 5. The molecule has 1 aliphatic heterocycles. The van der Waals surface area contributed by atoms with E-state index in [-0.39, 0.29) is 6.10 Å². The Morgan fingerprint density at radius 2 is 1.87 bits per heavy atom. The minimum absolute atomic E-state index is 0.289. The summed E-state index contributed by atoms with van der Waals surface area (Å²) in [6.07, 6.45) is 6.34. The van der Waals surface area contributed by atoms with E-state index < -0.39 is 0 Å². The number of anilines is 1. The number of nitriles is 1. The fourth-order valence-corrected chi connectivity index (χ4v) is 2.86. The van der Waals surface area contributed by atoms with Gasteiger partial charge in [0.15, 0.2) is 11.5 Å².